The fourth-order valence-electron chi connectivity index (χ4n) is 7.60. The molecule has 0 aromatic rings. The zero-order valence-electron chi connectivity index (χ0n) is 25.1. The van der Waals surface area contributed by atoms with Crippen LogP contribution in [0.2, 0.25) is 0 Å². The van der Waals surface area contributed by atoms with Gasteiger partial charge in [0.1, 0.15) is 17.6 Å². The monoisotopic (exact) mass is 546 g/mol. The van der Waals surface area contributed by atoms with Crippen LogP contribution in [0.4, 0.5) is 0 Å². The molecule has 3 heterocycles. The minimum absolute atomic E-state index is 0.0531. The summed E-state index contributed by atoms with van der Waals surface area (Å²) in [7, 11) is 0. The molecule has 1 spiro atoms. The summed E-state index contributed by atoms with van der Waals surface area (Å²) >= 11 is 0. The van der Waals surface area contributed by atoms with Crippen LogP contribution in [-0.2, 0) is 23.9 Å². The van der Waals surface area contributed by atoms with E-state index in [4.69, 9.17) is 9.47 Å². The molecule has 2 unspecified atom stereocenters. The van der Waals surface area contributed by atoms with Crippen LogP contribution in [0.1, 0.15) is 87.0 Å². The molecule has 2 bridgehead atoms. The first-order chi connectivity index (χ1) is 18.1. The van der Waals surface area contributed by atoms with Gasteiger partial charge in [0.25, 0.3) is 0 Å². The van der Waals surface area contributed by atoms with Gasteiger partial charge in [-0.2, -0.15) is 0 Å². The van der Waals surface area contributed by atoms with Crippen LogP contribution in [0.3, 0.4) is 0 Å². The standard InChI is InChI=1S/C31H50N2O6/c1-10-13-14-18-38-27(37)23-22-25(35)33(21(12-3)19-34)24(31(22)16-15-30(23,9)39-31)26(36)32(17-11-2)29(7,8)20-28(4,5)6/h10-11,21-24,34H,1-2,12-20H2,3-9H3/t21-,22-,23+,24?,30-,31?/m0/s1. The highest BCUT2D eigenvalue weighted by molar-refractivity contribution is 5.99. The lowest BCUT2D eigenvalue weighted by Crippen LogP contribution is -2.62. The van der Waals surface area contributed by atoms with E-state index in [1.54, 1.807) is 22.0 Å². The summed E-state index contributed by atoms with van der Waals surface area (Å²) in [5.41, 5.74) is -2.65. The number of carbonyl (C=O) groups excluding carboxylic acids is 3. The topological polar surface area (TPSA) is 96.4 Å². The number of hydrogen-bond acceptors (Lipinski definition) is 6. The normalized spacial score (nSPS) is 30.7. The smallest absolute Gasteiger partial charge is 0.312 e. The lowest BCUT2D eigenvalue weighted by atomic mass is 9.66. The molecule has 8 heteroatoms. The number of amides is 2. The first-order valence-corrected chi connectivity index (χ1v) is 14.5. The van der Waals surface area contributed by atoms with Crippen LogP contribution in [-0.4, -0.2) is 81.3 Å². The molecule has 3 fully saturated rings. The van der Waals surface area contributed by atoms with Crippen LogP contribution in [0, 0.1) is 17.3 Å². The minimum atomic E-state index is -1.16. The van der Waals surface area contributed by atoms with Crippen molar-refractivity contribution < 1.29 is 29.0 Å². The number of nitrogens with zero attached hydrogens (tertiary/aromatic N) is 2. The zero-order valence-corrected chi connectivity index (χ0v) is 25.1. The summed E-state index contributed by atoms with van der Waals surface area (Å²) in [6, 6.07) is -1.52. The molecular formula is C31H50N2O6. The molecule has 3 aliphatic rings. The van der Waals surface area contributed by atoms with E-state index in [0.717, 1.165) is 12.8 Å². The summed E-state index contributed by atoms with van der Waals surface area (Å²) in [5.74, 6) is -2.64. The summed E-state index contributed by atoms with van der Waals surface area (Å²) in [5, 5.41) is 10.3. The van der Waals surface area contributed by atoms with Crippen molar-refractivity contribution in [3.63, 3.8) is 0 Å². The second-order valence-electron chi connectivity index (χ2n) is 13.6. The number of unbranched alkanes of at least 4 members (excludes halogenated alkanes) is 1. The Morgan fingerprint density at radius 1 is 1.23 bits per heavy atom. The molecule has 8 nitrogen and oxygen atoms in total. The van der Waals surface area contributed by atoms with Crippen LogP contribution in [0.25, 0.3) is 0 Å². The third-order valence-electron chi connectivity index (χ3n) is 8.85. The van der Waals surface area contributed by atoms with Gasteiger partial charge in [0.15, 0.2) is 0 Å². The summed E-state index contributed by atoms with van der Waals surface area (Å²) in [4.78, 5) is 45.8. The third-order valence-corrected chi connectivity index (χ3v) is 8.85. The van der Waals surface area contributed by atoms with Gasteiger partial charge in [-0.15, -0.1) is 13.2 Å². The molecular weight excluding hydrogens is 496 g/mol. The molecule has 0 aliphatic carbocycles. The molecule has 220 valence electrons. The first kappa shape index (κ1) is 31.3. The van der Waals surface area contributed by atoms with Crippen LogP contribution in [0.5, 0.6) is 0 Å². The van der Waals surface area contributed by atoms with E-state index in [9.17, 15) is 19.5 Å². The average Bonchev–Trinajstić information content (AvgIpc) is 3.40. The van der Waals surface area contributed by atoms with Gasteiger partial charge < -0.3 is 24.4 Å². The second-order valence-corrected chi connectivity index (χ2v) is 13.6. The van der Waals surface area contributed by atoms with Crippen molar-refractivity contribution in [1.29, 1.82) is 0 Å². The number of ether oxygens (including phenoxy) is 2. The van der Waals surface area contributed by atoms with Crippen LogP contribution in [0.15, 0.2) is 25.3 Å². The Labute approximate surface area is 234 Å². The molecule has 3 saturated heterocycles. The van der Waals surface area contributed by atoms with E-state index < -0.39 is 46.6 Å². The maximum atomic E-state index is 14.7. The van der Waals surface area contributed by atoms with Crippen LogP contribution >= 0.6 is 0 Å². The molecule has 3 rings (SSSR count). The number of hydrogen-bond donors (Lipinski definition) is 1. The number of carbonyl (C=O) groups is 3. The van der Waals surface area contributed by atoms with E-state index in [2.05, 4.69) is 33.9 Å². The van der Waals surface area contributed by atoms with Crippen molar-refractivity contribution in [2.45, 2.75) is 116 Å². The average molecular weight is 547 g/mol. The second kappa shape index (κ2) is 11.4. The van der Waals surface area contributed by atoms with Crippen molar-refractivity contribution >= 4 is 17.8 Å². The Morgan fingerprint density at radius 2 is 1.90 bits per heavy atom. The minimum Gasteiger partial charge on any atom is -0.465 e. The predicted octanol–water partition coefficient (Wildman–Crippen LogP) is 4.26. The Bertz CT molecular complexity index is 967. The number of rotatable bonds is 13. The van der Waals surface area contributed by atoms with Crippen molar-refractivity contribution in [2.24, 2.45) is 17.3 Å². The van der Waals surface area contributed by atoms with Crippen molar-refractivity contribution in [2.75, 3.05) is 19.8 Å². The first-order valence-electron chi connectivity index (χ1n) is 14.5. The lowest BCUT2D eigenvalue weighted by Gasteiger charge is -2.46. The molecule has 2 amide bonds. The van der Waals surface area contributed by atoms with Gasteiger partial charge in [0.05, 0.1) is 30.8 Å². The van der Waals surface area contributed by atoms with E-state index >= 15 is 0 Å². The predicted molar refractivity (Wildman–Crippen MR) is 151 cm³/mol. The molecule has 0 aromatic carbocycles. The number of esters is 1. The largest absolute Gasteiger partial charge is 0.465 e. The number of aliphatic hydroxyl groups is 1. The molecule has 39 heavy (non-hydrogen) atoms. The third kappa shape index (κ3) is 5.56. The maximum Gasteiger partial charge on any atom is 0.312 e. The highest BCUT2D eigenvalue weighted by Crippen LogP contribution is 2.64. The highest BCUT2D eigenvalue weighted by atomic mass is 16.6. The Kier molecular flexibility index (Phi) is 9.13. The summed E-state index contributed by atoms with van der Waals surface area (Å²) in [6.07, 6.45) is 7.08. The van der Waals surface area contributed by atoms with Gasteiger partial charge in [-0.05, 0) is 64.7 Å². The van der Waals surface area contributed by atoms with Gasteiger partial charge in [0, 0.05) is 12.1 Å². The SMILES string of the molecule is C=CCCCOC(=O)[C@H]1[C@H]2C(=O)N([C@@H](CC)CO)C(C(=O)N(CC=C)C(C)(C)CC(C)(C)C)C23CC[C@]1(C)O3. The number of likely N-dealkylation sites (tertiary alicyclic amines) is 1. The Hall–Kier alpha value is -2.19. The number of fused-ring (bicyclic) bond motifs is 1. The van der Waals surface area contributed by atoms with E-state index in [1.165, 1.54) is 0 Å². The maximum absolute atomic E-state index is 14.7. The van der Waals surface area contributed by atoms with Gasteiger partial charge in [0.2, 0.25) is 11.8 Å². The lowest BCUT2D eigenvalue weighted by molar-refractivity contribution is -0.163. The molecule has 6 atom stereocenters. The molecule has 0 saturated carbocycles. The van der Waals surface area contributed by atoms with E-state index in [-0.39, 0.29) is 30.4 Å². The van der Waals surface area contributed by atoms with Crippen molar-refractivity contribution in [1.82, 2.24) is 9.80 Å². The van der Waals surface area contributed by atoms with Gasteiger partial charge in [-0.25, -0.2) is 0 Å². The van der Waals surface area contributed by atoms with Crippen molar-refractivity contribution in [3.8, 4) is 0 Å². The highest BCUT2D eigenvalue weighted by Gasteiger charge is 2.79. The quantitative estimate of drug-likeness (QED) is 0.211. The fraction of sp³-hybridized carbons (Fsp3) is 0.774. The van der Waals surface area contributed by atoms with Gasteiger partial charge in [-0.3, -0.25) is 14.4 Å². The fourth-order valence-corrected chi connectivity index (χ4v) is 7.60. The summed E-state index contributed by atoms with van der Waals surface area (Å²) < 4.78 is 12.4. The van der Waals surface area contributed by atoms with E-state index in [0.29, 0.717) is 32.2 Å². The van der Waals surface area contributed by atoms with Gasteiger partial charge in [-0.1, -0.05) is 39.8 Å². The Morgan fingerprint density at radius 3 is 2.44 bits per heavy atom. The van der Waals surface area contributed by atoms with Crippen LogP contribution < -0.4 is 0 Å². The molecule has 3 aliphatic heterocycles. The molecule has 0 radical (unpaired) electrons. The summed E-state index contributed by atoms with van der Waals surface area (Å²) in [6.45, 7) is 22.1. The Balaban J connectivity index is 2.09. The molecule has 0 aromatic heterocycles. The van der Waals surface area contributed by atoms with Gasteiger partial charge >= 0.3 is 5.97 Å². The number of allylic oxidation sites excluding steroid dienone is 1. The molecule has 1 N–H and O–H groups in total. The zero-order chi connectivity index (χ0) is 29.4. The number of aliphatic hydroxyl groups excluding tert-OH is 1. The van der Waals surface area contributed by atoms with Crippen molar-refractivity contribution in [3.05, 3.63) is 25.3 Å². The van der Waals surface area contributed by atoms with E-state index in [1.807, 2.05) is 27.7 Å².